The SMILES string of the molecule is ClCCCCCC1CCCCC1. The van der Waals surface area contributed by atoms with Crippen molar-refractivity contribution in [2.24, 2.45) is 5.92 Å². The molecule has 0 aromatic rings. The van der Waals surface area contributed by atoms with Gasteiger partial charge in [-0.05, 0) is 12.3 Å². The van der Waals surface area contributed by atoms with Gasteiger partial charge in [0.15, 0.2) is 0 Å². The van der Waals surface area contributed by atoms with Crippen LogP contribution in [0, 0.1) is 5.92 Å². The number of hydrogen-bond donors (Lipinski definition) is 0. The zero-order valence-corrected chi connectivity index (χ0v) is 8.78. The second kappa shape index (κ2) is 6.77. The third-order valence-corrected chi connectivity index (χ3v) is 3.24. The van der Waals surface area contributed by atoms with E-state index < -0.39 is 0 Å². The minimum atomic E-state index is 0.852. The quantitative estimate of drug-likeness (QED) is 0.444. The zero-order chi connectivity index (χ0) is 8.65. The Morgan fingerprint density at radius 2 is 1.67 bits per heavy atom. The first kappa shape index (κ1) is 10.4. The van der Waals surface area contributed by atoms with E-state index in [9.17, 15) is 0 Å². The molecule has 1 rings (SSSR count). The van der Waals surface area contributed by atoms with Gasteiger partial charge in [0.2, 0.25) is 0 Å². The van der Waals surface area contributed by atoms with Gasteiger partial charge in [0, 0.05) is 5.88 Å². The summed E-state index contributed by atoms with van der Waals surface area (Å²) in [6, 6.07) is 0. The minimum Gasteiger partial charge on any atom is -0.127 e. The van der Waals surface area contributed by atoms with Gasteiger partial charge in [0.1, 0.15) is 0 Å². The van der Waals surface area contributed by atoms with Crippen LogP contribution < -0.4 is 0 Å². The number of alkyl halides is 1. The summed E-state index contributed by atoms with van der Waals surface area (Å²) in [5, 5.41) is 0. The summed E-state index contributed by atoms with van der Waals surface area (Å²) in [6.45, 7) is 0. The first-order chi connectivity index (χ1) is 5.93. The largest absolute Gasteiger partial charge is 0.127 e. The molecule has 12 heavy (non-hydrogen) atoms. The van der Waals surface area contributed by atoms with Crippen molar-refractivity contribution in [3.8, 4) is 0 Å². The lowest BCUT2D eigenvalue weighted by Crippen LogP contribution is -2.05. The van der Waals surface area contributed by atoms with Gasteiger partial charge in [-0.1, -0.05) is 51.4 Å². The number of hydrogen-bond acceptors (Lipinski definition) is 0. The first-order valence-corrected chi connectivity index (χ1v) is 6.03. The van der Waals surface area contributed by atoms with Crippen LogP contribution in [0.25, 0.3) is 0 Å². The van der Waals surface area contributed by atoms with Crippen molar-refractivity contribution in [1.29, 1.82) is 0 Å². The summed E-state index contributed by atoms with van der Waals surface area (Å²) in [5.74, 6) is 1.92. The molecule has 0 heterocycles. The molecule has 0 aromatic heterocycles. The van der Waals surface area contributed by atoms with Gasteiger partial charge in [0.25, 0.3) is 0 Å². The normalized spacial score (nSPS) is 19.8. The lowest BCUT2D eigenvalue weighted by atomic mass is 9.86. The summed E-state index contributed by atoms with van der Waals surface area (Å²) in [4.78, 5) is 0. The van der Waals surface area contributed by atoms with Crippen LogP contribution in [-0.4, -0.2) is 5.88 Å². The van der Waals surface area contributed by atoms with Gasteiger partial charge in [-0.15, -0.1) is 11.6 Å². The fourth-order valence-electron chi connectivity index (χ4n) is 2.18. The molecular formula is C11H21Cl. The molecule has 1 fully saturated rings. The van der Waals surface area contributed by atoms with Crippen LogP contribution >= 0.6 is 11.6 Å². The molecule has 1 aliphatic rings. The summed E-state index contributed by atoms with van der Waals surface area (Å²) in [5.41, 5.74) is 0. The lowest BCUT2D eigenvalue weighted by molar-refractivity contribution is 0.329. The van der Waals surface area contributed by atoms with Crippen LogP contribution in [0.1, 0.15) is 57.8 Å². The first-order valence-electron chi connectivity index (χ1n) is 5.49. The smallest absolute Gasteiger partial charge is 0.0223 e. The summed E-state index contributed by atoms with van der Waals surface area (Å²) >= 11 is 5.62. The Morgan fingerprint density at radius 1 is 0.917 bits per heavy atom. The predicted octanol–water partition coefficient (Wildman–Crippen LogP) is 4.37. The predicted molar refractivity (Wildman–Crippen MR) is 55.8 cm³/mol. The third-order valence-electron chi connectivity index (χ3n) is 2.97. The number of rotatable bonds is 5. The van der Waals surface area contributed by atoms with Crippen molar-refractivity contribution in [3.05, 3.63) is 0 Å². The molecule has 0 aromatic carbocycles. The topological polar surface area (TPSA) is 0 Å². The highest BCUT2D eigenvalue weighted by atomic mass is 35.5. The molecule has 1 heteroatoms. The highest BCUT2D eigenvalue weighted by Crippen LogP contribution is 2.27. The Morgan fingerprint density at radius 3 is 2.33 bits per heavy atom. The molecule has 0 unspecified atom stereocenters. The summed E-state index contributed by atoms with van der Waals surface area (Å²) < 4.78 is 0. The van der Waals surface area contributed by atoms with Gasteiger partial charge < -0.3 is 0 Å². The van der Waals surface area contributed by atoms with Crippen LogP contribution in [0.5, 0.6) is 0 Å². The minimum absolute atomic E-state index is 0.852. The fourth-order valence-corrected chi connectivity index (χ4v) is 2.37. The molecule has 0 N–H and O–H groups in total. The Labute approximate surface area is 81.7 Å². The molecule has 1 saturated carbocycles. The molecule has 0 atom stereocenters. The Hall–Kier alpha value is 0.290. The monoisotopic (exact) mass is 188 g/mol. The third kappa shape index (κ3) is 4.35. The Bertz CT molecular complexity index is 95.2. The fraction of sp³-hybridized carbons (Fsp3) is 1.00. The molecule has 1 aliphatic carbocycles. The maximum atomic E-state index is 5.62. The maximum absolute atomic E-state index is 5.62. The summed E-state index contributed by atoms with van der Waals surface area (Å²) in [7, 11) is 0. The summed E-state index contributed by atoms with van der Waals surface area (Å²) in [6.07, 6.45) is 12.9. The van der Waals surface area contributed by atoms with E-state index >= 15 is 0 Å². The zero-order valence-electron chi connectivity index (χ0n) is 8.03. The molecule has 0 spiro atoms. The number of halogens is 1. The standard InChI is InChI=1S/C11H21Cl/c12-10-6-2-5-9-11-7-3-1-4-8-11/h11H,1-10H2. The maximum Gasteiger partial charge on any atom is 0.0223 e. The van der Waals surface area contributed by atoms with E-state index in [2.05, 4.69) is 0 Å². The lowest BCUT2D eigenvalue weighted by Gasteiger charge is -2.21. The molecule has 0 nitrogen and oxygen atoms in total. The van der Waals surface area contributed by atoms with E-state index in [0.29, 0.717) is 0 Å². The van der Waals surface area contributed by atoms with Crippen LogP contribution in [-0.2, 0) is 0 Å². The number of unbranched alkanes of at least 4 members (excludes halogenated alkanes) is 2. The second-order valence-corrected chi connectivity index (χ2v) is 4.42. The van der Waals surface area contributed by atoms with E-state index in [1.165, 1.54) is 57.8 Å². The van der Waals surface area contributed by atoms with E-state index in [1.54, 1.807) is 0 Å². The van der Waals surface area contributed by atoms with Crippen LogP contribution in [0.15, 0.2) is 0 Å². The average molecular weight is 189 g/mol. The van der Waals surface area contributed by atoms with Crippen LogP contribution in [0.2, 0.25) is 0 Å². The Balaban J connectivity index is 1.91. The van der Waals surface area contributed by atoms with Gasteiger partial charge in [0.05, 0.1) is 0 Å². The highest BCUT2D eigenvalue weighted by molar-refractivity contribution is 6.17. The van der Waals surface area contributed by atoms with Crippen molar-refractivity contribution in [1.82, 2.24) is 0 Å². The van der Waals surface area contributed by atoms with Crippen molar-refractivity contribution < 1.29 is 0 Å². The molecule has 0 aliphatic heterocycles. The van der Waals surface area contributed by atoms with Gasteiger partial charge in [-0.25, -0.2) is 0 Å². The van der Waals surface area contributed by atoms with E-state index in [-0.39, 0.29) is 0 Å². The molecular weight excluding hydrogens is 168 g/mol. The second-order valence-electron chi connectivity index (χ2n) is 4.04. The van der Waals surface area contributed by atoms with E-state index in [0.717, 1.165) is 11.8 Å². The Kier molecular flexibility index (Phi) is 5.85. The van der Waals surface area contributed by atoms with Crippen LogP contribution in [0.3, 0.4) is 0 Å². The van der Waals surface area contributed by atoms with E-state index in [1.807, 2.05) is 0 Å². The molecule has 0 radical (unpaired) electrons. The van der Waals surface area contributed by atoms with Crippen molar-refractivity contribution in [3.63, 3.8) is 0 Å². The van der Waals surface area contributed by atoms with Gasteiger partial charge >= 0.3 is 0 Å². The molecule has 72 valence electrons. The molecule has 0 amide bonds. The molecule has 0 saturated heterocycles. The average Bonchev–Trinajstić information content (AvgIpc) is 2.14. The van der Waals surface area contributed by atoms with Crippen LogP contribution in [0.4, 0.5) is 0 Å². The highest BCUT2D eigenvalue weighted by Gasteiger charge is 2.12. The molecule has 0 bridgehead atoms. The van der Waals surface area contributed by atoms with Crippen molar-refractivity contribution in [2.45, 2.75) is 57.8 Å². The van der Waals surface area contributed by atoms with Gasteiger partial charge in [-0.2, -0.15) is 0 Å². The van der Waals surface area contributed by atoms with Gasteiger partial charge in [-0.3, -0.25) is 0 Å². The van der Waals surface area contributed by atoms with Crippen molar-refractivity contribution in [2.75, 3.05) is 5.88 Å². The van der Waals surface area contributed by atoms with E-state index in [4.69, 9.17) is 11.6 Å². The van der Waals surface area contributed by atoms with Crippen molar-refractivity contribution >= 4 is 11.6 Å².